The third-order valence-electron chi connectivity index (χ3n) is 3.97. The van der Waals surface area contributed by atoms with E-state index in [0.29, 0.717) is 12.2 Å². The molecule has 0 aliphatic heterocycles. The van der Waals surface area contributed by atoms with Gasteiger partial charge in [-0.2, -0.15) is 0 Å². The van der Waals surface area contributed by atoms with Crippen molar-refractivity contribution < 1.29 is 25.3 Å². The Balaban J connectivity index is 2.43. The number of rotatable bonds is 9. The molecule has 0 atom stereocenters. The van der Waals surface area contributed by atoms with Crippen LogP contribution in [0.5, 0.6) is 0 Å². The molecule has 0 saturated carbocycles. The van der Waals surface area contributed by atoms with E-state index < -0.39 is 29.9 Å². The number of nitrogens with two attached hydrogens (primary N) is 1. The molecule has 0 saturated heterocycles. The smallest absolute Gasteiger partial charge is 0.261 e. The summed E-state index contributed by atoms with van der Waals surface area (Å²) in [6.07, 6.45) is 2.76. The fraction of sp³-hybridized carbons (Fsp3) is 0.294. The number of unbranched alkanes of at least 4 members (excludes halogenated alkanes) is 1. The molecule has 0 unspecified atom stereocenters. The maximum Gasteiger partial charge on any atom is 0.261 e. The third kappa shape index (κ3) is 6.16. The van der Waals surface area contributed by atoms with Gasteiger partial charge in [0.05, 0.1) is 26.1 Å². The van der Waals surface area contributed by atoms with Crippen molar-refractivity contribution >= 4 is 41.3 Å². The lowest BCUT2D eigenvalue weighted by Crippen LogP contribution is -2.17. The molecular formula is C17H23N3O6S3. The van der Waals surface area contributed by atoms with Crippen molar-refractivity contribution in [1.29, 1.82) is 0 Å². The average Bonchev–Trinajstić information content (AvgIpc) is 2.61. The van der Waals surface area contributed by atoms with Crippen LogP contribution in [0.25, 0.3) is 0 Å². The Morgan fingerprint density at radius 2 is 1.38 bits per heavy atom. The van der Waals surface area contributed by atoms with Crippen LogP contribution in [0.3, 0.4) is 0 Å². The standard InChI is InChI=1S/C17H23N3O6S3/c1-3-4-11-19-16-10-9-15(28(18,23)24)12-17(16)20-29(25,26)14-7-5-13(6-8-14)27(2,21)22/h5-10,12,19-20H,3-4,11H2,1-2H3,(H2,18,23,24). The molecule has 160 valence electrons. The third-order valence-corrected chi connectivity index (χ3v) is 7.39. The van der Waals surface area contributed by atoms with Crippen LogP contribution in [0, 0.1) is 0 Å². The zero-order valence-electron chi connectivity index (χ0n) is 15.9. The molecule has 2 aromatic rings. The van der Waals surface area contributed by atoms with Crippen LogP contribution in [0.4, 0.5) is 11.4 Å². The molecule has 9 nitrogen and oxygen atoms in total. The van der Waals surface area contributed by atoms with E-state index in [2.05, 4.69) is 10.0 Å². The van der Waals surface area contributed by atoms with Crippen molar-refractivity contribution in [3.8, 4) is 0 Å². The number of sulfone groups is 1. The van der Waals surface area contributed by atoms with Crippen molar-refractivity contribution in [1.82, 2.24) is 0 Å². The van der Waals surface area contributed by atoms with Gasteiger partial charge in [0.25, 0.3) is 10.0 Å². The molecule has 29 heavy (non-hydrogen) atoms. The molecule has 0 heterocycles. The summed E-state index contributed by atoms with van der Waals surface area (Å²) in [5, 5.41) is 8.20. The number of benzene rings is 2. The van der Waals surface area contributed by atoms with Crippen molar-refractivity contribution in [3.05, 3.63) is 42.5 Å². The zero-order chi connectivity index (χ0) is 21.9. The fourth-order valence-electron chi connectivity index (χ4n) is 2.41. The molecule has 2 rings (SSSR count). The first-order valence-electron chi connectivity index (χ1n) is 8.58. The Morgan fingerprint density at radius 3 is 1.90 bits per heavy atom. The van der Waals surface area contributed by atoms with E-state index in [0.717, 1.165) is 37.3 Å². The first-order chi connectivity index (χ1) is 13.3. The second-order valence-electron chi connectivity index (χ2n) is 6.38. The van der Waals surface area contributed by atoms with Crippen LogP contribution >= 0.6 is 0 Å². The highest BCUT2D eigenvalue weighted by atomic mass is 32.2. The van der Waals surface area contributed by atoms with E-state index in [1.807, 2.05) is 6.92 Å². The minimum absolute atomic E-state index is 0.0137. The van der Waals surface area contributed by atoms with Gasteiger partial charge in [-0.3, -0.25) is 4.72 Å². The summed E-state index contributed by atoms with van der Waals surface area (Å²) in [6.45, 7) is 2.55. The van der Waals surface area contributed by atoms with Gasteiger partial charge in [0.15, 0.2) is 9.84 Å². The predicted molar refractivity (Wildman–Crippen MR) is 112 cm³/mol. The van der Waals surface area contributed by atoms with Gasteiger partial charge >= 0.3 is 0 Å². The molecule has 0 amide bonds. The lowest BCUT2D eigenvalue weighted by atomic mass is 10.2. The Hall–Kier alpha value is -2.15. The number of nitrogens with one attached hydrogen (secondary N) is 2. The van der Waals surface area contributed by atoms with Gasteiger partial charge in [-0.05, 0) is 48.9 Å². The molecule has 0 fully saturated rings. The van der Waals surface area contributed by atoms with Gasteiger partial charge in [0, 0.05) is 12.8 Å². The predicted octanol–water partition coefficient (Wildman–Crippen LogP) is 1.75. The second kappa shape index (κ2) is 8.69. The highest BCUT2D eigenvalue weighted by Gasteiger charge is 2.19. The average molecular weight is 462 g/mol. The van der Waals surface area contributed by atoms with Crippen molar-refractivity contribution in [2.24, 2.45) is 5.14 Å². The molecule has 0 aliphatic rings. The zero-order valence-corrected chi connectivity index (χ0v) is 18.4. The minimum atomic E-state index is -4.11. The maximum atomic E-state index is 12.7. The van der Waals surface area contributed by atoms with Crippen molar-refractivity contribution in [2.75, 3.05) is 22.8 Å². The SMILES string of the molecule is CCCCNc1ccc(S(N)(=O)=O)cc1NS(=O)(=O)c1ccc(S(C)(=O)=O)cc1. The number of anilines is 2. The van der Waals surface area contributed by atoms with Crippen LogP contribution in [0.1, 0.15) is 19.8 Å². The lowest BCUT2D eigenvalue weighted by Gasteiger charge is -2.15. The summed E-state index contributed by atoms with van der Waals surface area (Å²) in [5.41, 5.74) is 0.405. The fourth-order valence-corrected chi connectivity index (χ4v) is 4.65. The molecule has 0 aliphatic carbocycles. The molecule has 0 spiro atoms. The molecule has 4 N–H and O–H groups in total. The molecule has 12 heteroatoms. The highest BCUT2D eigenvalue weighted by Crippen LogP contribution is 2.28. The van der Waals surface area contributed by atoms with Crippen LogP contribution < -0.4 is 15.2 Å². The first-order valence-corrected chi connectivity index (χ1v) is 13.5. The van der Waals surface area contributed by atoms with Crippen molar-refractivity contribution in [3.63, 3.8) is 0 Å². The maximum absolute atomic E-state index is 12.7. The summed E-state index contributed by atoms with van der Waals surface area (Å²) in [6, 6.07) is 8.53. The van der Waals surface area contributed by atoms with Crippen LogP contribution in [0.2, 0.25) is 0 Å². The summed E-state index contributed by atoms with van der Waals surface area (Å²) < 4.78 is 74.2. The van der Waals surface area contributed by atoms with Gasteiger partial charge < -0.3 is 5.32 Å². The van der Waals surface area contributed by atoms with Crippen LogP contribution in [0.15, 0.2) is 57.2 Å². The topological polar surface area (TPSA) is 152 Å². The number of sulfonamides is 2. The van der Waals surface area contributed by atoms with Gasteiger partial charge in [0.1, 0.15) is 0 Å². The van der Waals surface area contributed by atoms with Crippen molar-refractivity contribution in [2.45, 2.75) is 34.5 Å². The minimum Gasteiger partial charge on any atom is -0.383 e. The summed E-state index contributed by atoms with van der Waals surface area (Å²) >= 11 is 0. The van der Waals surface area contributed by atoms with Crippen LogP contribution in [-0.4, -0.2) is 38.1 Å². The van der Waals surface area contributed by atoms with E-state index in [4.69, 9.17) is 5.14 Å². The van der Waals surface area contributed by atoms with E-state index in [9.17, 15) is 25.3 Å². The Morgan fingerprint density at radius 1 is 0.828 bits per heavy atom. The largest absolute Gasteiger partial charge is 0.383 e. The summed E-state index contributed by atoms with van der Waals surface area (Å²) in [4.78, 5) is -0.441. The number of hydrogen-bond donors (Lipinski definition) is 3. The van der Waals surface area contributed by atoms with Crippen LogP contribution in [-0.2, 0) is 29.9 Å². The summed E-state index contributed by atoms with van der Waals surface area (Å²) in [7, 11) is -11.6. The van der Waals surface area contributed by atoms with Gasteiger partial charge in [0.2, 0.25) is 10.0 Å². The monoisotopic (exact) mass is 461 g/mol. The molecule has 0 aromatic heterocycles. The Labute approximate surface area is 171 Å². The normalized spacial score (nSPS) is 12.5. The van der Waals surface area contributed by atoms with E-state index >= 15 is 0 Å². The molecular weight excluding hydrogens is 438 g/mol. The Kier molecular flexibility index (Phi) is 6.93. The van der Waals surface area contributed by atoms with E-state index in [1.165, 1.54) is 24.3 Å². The molecule has 2 aromatic carbocycles. The van der Waals surface area contributed by atoms with E-state index in [-0.39, 0.29) is 20.4 Å². The first kappa shape index (κ1) is 23.1. The molecule has 0 bridgehead atoms. The van der Waals surface area contributed by atoms with Gasteiger partial charge in [-0.1, -0.05) is 13.3 Å². The number of hydrogen-bond acceptors (Lipinski definition) is 7. The quantitative estimate of drug-likeness (QED) is 0.481. The van der Waals surface area contributed by atoms with Gasteiger partial charge in [-0.15, -0.1) is 0 Å². The molecule has 0 radical (unpaired) electrons. The number of primary sulfonamides is 1. The summed E-state index contributed by atoms with van der Waals surface area (Å²) in [5.74, 6) is 0. The van der Waals surface area contributed by atoms with E-state index in [1.54, 1.807) is 0 Å². The second-order valence-corrected chi connectivity index (χ2v) is 11.6. The lowest BCUT2D eigenvalue weighted by molar-refractivity contribution is 0.596. The Bertz CT molecular complexity index is 1190. The highest BCUT2D eigenvalue weighted by molar-refractivity contribution is 7.93. The van der Waals surface area contributed by atoms with Gasteiger partial charge in [-0.25, -0.2) is 30.4 Å².